The van der Waals surface area contributed by atoms with E-state index in [2.05, 4.69) is 6.58 Å². The summed E-state index contributed by atoms with van der Waals surface area (Å²) in [5.74, 6) is 2.37. The fourth-order valence-corrected chi connectivity index (χ4v) is 4.34. The second-order valence-corrected chi connectivity index (χ2v) is 7.17. The Balaban J connectivity index is 1.67. The summed E-state index contributed by atoms with van der Waals surface area (Å²) in [7, 11) is 0. The number of hydrogen-bond donors (Lipinski definition) is 0. The van der Waals surface area contributed by atoms with Crippen molar-refractivity contribution in [3.8, 4) is 0 Å². The summed E-state index contributed by atoms with van der Waals surface area (Å²) < 4.78 is 5.41. The van der Waals surface area contributed by atoms with Crippen LogP contribution < -0.4 is 0 Å². The number of allylic oxidation sites excluding steroid dienone is 1. The van der Waals surface area contributed by atoms with Gasteiger partial charge in [-0.3, -0.25) is 0 Å². The highest BCUT2D eigenvalue weighted by atomic mass is 35.5. The molecule has 2 aliphatic carbocycles. The topological polar surface area (TPSA) is 26.3 Å². The van der Waals surface area contributed by atoms with Crippen LogP contribution in [0.3, 0.4) is 0 Å². The summed E-state index contributed by atoms with van der Waals surface area (Å²) in [6.45, 7) is 3.83. The van der Waals surface area contributed by atoms with Gasteiger partial charge in [-0.25, -0.2) is 4.79 Å². The van der Waals surface area contributed by atoms with E-state index in [1.54, 1.807) is 0 Å². The minimum atomic E-state index is -0.304. The minimum Gasteiger partial charge on any atom is -0.459 e. The Morgan fingerprint density at radius 1 is 1.05 bits per heavy atom. The fraction of sp³-hybridized carbons (Fsp3) is 0.737. The average molecular weight is 325 g/mol. The summed E-state index contributed by atoms with van der Waals surface area (Å²) in [6.07, 6.45) is 16.0. The van der Waals surface area contributed by atoms with E-state index in [-0.39, 0.29) is 12.1 Å². The monoisotopic (exact) mass is 324 g/mol. The molecule has 0 aromatic rings. The van der Waals surface area contributed by atoms with Crippen LogP contribution in [0.4, 0.5) is 0 Å². The molecule has 2 aliphatic rings. The van der Waals surface area contributed by atoms with Gasteiger partial charge in [0, 0.05) is 11.6 Å². The first-order valence-electron chi connectivity index (χ1n) is 8.81. The van der Waals surface area contributed by atoms with Crippen LogP contribution in [0.5, 0.6) is 0 Å². The van der Waals surface area contributed by atoms with Crippen LogP contribution >= 0.6 is 11.6 Å². The van der Waals surface area contributed by atoms with Gasteiger partial charge >= 0.3 is 5.97 Å². The number of carbonyl (C=O) groups is 1. The van der Waals surface area contributed by atoms with Crippen LogP contribution in [0.15, 0.2) is 24.3 Å². The molecule has 0 amide bonds. The molecule has 124 valence electrons. The molecule has 2 rings (SSSR count). The fourth-order valence-electron chi connectivity index (χ4n) is 4.23. The molecule has 2 fully saturated rings. The molecule has 22 heavy (non-hydrogen) atoms. The number of esters is 1. The van der Waals surface area contributed by atoms with Gasteiger partial charge in [0.05, 0.1) is 0 Å². The maximum absolute atomic E-state index is 11.4. The Morgan fingerprint density at radius 2 is 1.64 bits per heavy atom. The number of hydrogen-bond acceptors (Lipinski definition) is 2. The first-order valence-corrected chi connectivity index (χ1v) is 9.24. The van der Waals surface area contributed by atoms with Gasteiger partial charge in [0.1, 0.15) is 6.10 Å². The third-order valence-electron chi connectivity index (χ3n) is 5.54. The van der Waals surface area contributed by atoms with E-state index in [9.17, 15) is 4.79 Å². The number of carbonyl (C=O) groups excluding carboxylic acids is 1. The SMILES string of the molecule is C=CCCC1CCC(C2CCC(OC(=O)C=CCl)CC2)CC1. The van der Waals surface area contributed by atoms with Crippen molar-refractivity contribution >= 4 is 17.6 Å². The maximum Gasteiger partial charge on any atom is 0.331 e. The molecule has 0 unspecified atom stereocenters. The van der Waals surface area contributed by atoms with E-state index in [1.165, 1.54) is 63.0 Å². The van der Waals surface area contributed by atoms with Crippen LogP contribution in [0.2, 0.25) is 0 Å². The summed E-state index contributed by atoms with van der Waals surface area (Å²) in [6, 6.07) is 0. The predicted molar refractivity (Wildman–Crippen MR) is 91.7 cm³/mol. The highest BCUT2D eigenvalue weighted by Gasteiger charge is 2.31. The Kier molecular flexibility index (Phi) is 7.51. The van der Waals surface area contributed by atoms with Crippen LogP contribution in [-0.2, 0) is 9.53 Å². The van der Waals surface area contributed by atoms with Gasteiger partial charge in [0.15, 0.2) is 0 Å². The van der Waals surface area contributed by atoms with Crippen LogP contribution in [0.1, 0.15) is 64.2 Å². The smallest absolute Gasteiger partial charge is 0.331 e. The molecule has 0 bridgehead atoms. The molecular weight excluding hydrogens is 296 g/mol. The van der Waals surface area contributed by atoms with Crippen LogP contribution in [0.25, 0.3) is 0 Å². The van der Waals surface area contributed by atoms with Crippen molar-refractivity contribution in [3.63, 3.8) is 0 Å². The van der Waals surface area contributed by atoms with Crippen molar-refractivity contribution in [1.29, 1.82) is 0 Å². The van der Waals surface area contributed by atoms with Crippen LogP contribution in [-0.4, -0.2) is 12.1 Å². The number of rotatable bonds is 6. The third-order valence-corrected chi connectivity index (χ3v) is 5.66. The highest BCUT2D eigenvalue weighted by Crippen LogP contribution is 2.41. The zero-order chi connectivity index (χ0) is 15.8. The Labute approximate surface area is 139 Å². The van der Waals surface area contributed by atoms with Gasteiger partial charge in [-0.15, -0.1) is 6.58 Å². The quantitative estimate of drug-likeness (QED) is 0.360. The zero-order valence-corrected chi connectivity index (χ0v) is 14.3. The summed E-state index contributed by atoms with van der Waals surface area (Å²) in [4.78, 5) is 11.4. The molecule has 0 spiro atoms. The van der Waals surface area contributed by atoms with Gasteiger partial charge < -0.3 is 4.74 Å². The lowest BCUT2D eigenvalue weighted by Gasteiger charge is -2.37. The van der Waals surface area contributed by atoms with Crippen molar-refractivity contribution in [2.75, 3.05) is 0 Å². The van der Waals surface area contributed by atoms with Crippen molar-refractivity contribution in [2.45, 2.75) is 70.3 Å². The van der Waals surface area contributed by atoms with Crippen LogP contribution in [0, 0.1) is 17.8 Å². The first kappa shape index (κ1) is 17.6. The van der Waals surface area contributed by atoms with Crippen molar-refractivity contribution in [1.82, 2.24) is 0 Å². The summed E-state index contributed by atoms with van der Waals surface area (Å²) >= 11 is 5.40. The number of ether oxygens (including phenoxy) is 1. The number of halogens is 1. The standard InChI is InChI=1S/C19H29ClO2/c1-2-3-4-15-5-7-16(8-6-15)17-9-11-18(12-10-17)22-19(21)13-14-20/h2,13-18H,1,3-12H2. The van der Waals surface area contributed by atoms with Gasteiger partial charge in [-0.2, -0.15) is 0 Å². The minimum absolute atomic E-state index is 0.0977. The molecule has 0 atom stereocenters. The van der Waals surface area contributed by atoms with Gasteiger partial charge in [0.2, 0.25) is 0 Å². The highest BCUT2D eigenvalue weighted by molar-refractivity contribution is 6.26. The largest absolute Gasteiger partial charge is 0.459 e. The molecule has 2 nitrogen and oxygen atoms in total. The molecule has 0 heterocycles. The molecule has 0 aromatic heterocycles. The molecular formula is C19H29ClO2. The Hall–Kier alpha value is -0.760. The molecule has 0 saturated heterocycles. The third kappa shape index (κ3) is 5.46. The van der Waals surface area contributed by atoms with Crippen molar-refractivity contribution in [3.05, 3.63) is 24.3 Å². The molecule has 3 heteroatoms. The van der Waals surface area contributed by atoms with E-state index >= 15 is 0 Å². The lowest BCUT2D eigenvalue weighted by Crippen LogP contribution is -2.29. The summed E-state index contributed by atoms with van der Waals surface area (Å²) in [5.41, 5.74) is 1.22. The summed E-state index contributed by atoms with van der Waals surface area (Å²) in [5, 5.41) is 0. The van der Waals surface area contributed by atoms with E-state index in [0.717, 1.165) is 30.6 Å². The van der Waals surface area contributed by atoms with Gasteiger partial charge in [-0.05, 0) is 69.1 Å². The zero-order valence-electron chi connectivity index (χ0n) is 13.5. The van der Waals surface area contributed by atoms with Crippen molar-refractivity contribution < 1.29 is 9.53 Å². The first-order chi connectivity index (χ1) is 10.7. The molecule has 0 aliphatic heterocycles. The average Bonchev–Trinajstić information content (AvgIpc) is 2.54. The van der Waals surface area contributed by atoms with E-state index in [0.29, 0.717) is 0 Å². The lowest BCUT2D eigenvalue weighted by atomic mass is 9.70. The molecule has 0 N–H and O–H groups in total. The maximum atomic E-state index is 11.4. The van der Waals surface area contributed by atoms with Crippen molar-refractivity contribution in [2.24, 2.45) is 17.8 Å². The van der Waals surface area contributed by atoms with Gasteiger partial charge in [0.25, 0.3) is 0 Å². The predicted octanol–water partition coefficient (Wildman–Crippen LogP) is 5.61. The normalized spacial score (nSPS) is 32.8. The van der Waals surface area contributed by atoms with Gasteiger partial charge in [-0.1, -0.05) is 30.5 Å². The Morgan fingerprint density at radius 3 is 2.18 bits per heavy atom. The second kappa shape index (κ2) is 9.39. The van der Waals surface area contributed by atoms with E-state index < -0.39 is 0 Å². The Bertz CT molecular complexity index is 375. The lowest BCUT2D eigenvalue weighted by molar-refractivity contribution is -0.145. The van der Waals surface area contributed by atoms with E-state index in [1.807, 2.05) is 6.08 Å². The molecule has 0 radical (unpaired) electrons. The second-order valence-electron chi connectivity index (χ2n) is 6.91. The molecule has 0 aromatic carbocycles. The molecule has 2 saturated carbocycles. The van der Waals surface area contributed by atoms with E-state index in [4.69, 9.17) is 16.3 Å².